The van der Waals surface area contributed by atoms with Gasteiger partial charge in [0.25, 0.3) is 0 Å². The highest BCUT2D eigenvalue weighted by molar-refractivity contribution is 4.98. The quantitative estimate of drug-likeness (QED) is 0.471. The van der Waals surface area contributed by atoms with Crippen molar-refractivity contribution in [1.82, 2.24) is 0 Å². The molecule has 0 aliphatic rings. The Morgan fingerprint density at radius 1 is 1.30 bits per heavy atom. The van der Waals surface area contributed by atoms with E-state index in [0.717, 1.165) is 18.4 Å². The highest BCUT2D eigenvalue weighted by atomic mass is 16.2. The molecule has 0 aromatic carbocycles. The Kier molecular flexibility index (Phi) is 4.73. The number of hydrogen-bond donors (Lipinski definition) is 1. The van der Waals surface area contributed by atoms with Crippen LogP contribution in [0.5, 0.6) is 0 Å². The number of allylic oxidation sites excluding steroid dienone is 3. The Morgan fingerprint density at radius 2 is 1.90 bits per heavy atom. The maximum Gasteiger partial charge on any atom is 0.0780 e. The average molecular weight is 140 g/mol. The summed E-state index contributed by atoms with van der Waals surface area (Å²) in [6.07, 6.45) is 5.35. The van der Waals surface area contributed by atoms with Crippen LogP contribution in [-0.4, -0.2) is 5.11 Å². The lowest BCUT2D eigenvalue weighted by atomic mass is 10.1. The van der Waals surface area contributed by atoms with Crippen LogP contribution in [0.1, 0.15) is 33.6 Å². The van der Waals surface area contributed by atoms with Crippen molar-refractivity contribution in [3.63, 3.8) is 0 Å². The van der Waals surface area contributed by atoms with Gasteiger partial charge in [0.2, 0.25) is 0 Å². The Hall–Kier alpha value is -0.720. The van der Waals surface area contributed by atoms with Gasteiger partial charge in [-0.05, 0) is 39.2 Å². The Labute approximate surface area is 63.1 Å². The van der Waals surface area contributed by atoms with Crippen LogP contribution in [0.4, 0.5) is 0 Å². The summed E-state index contributed by atoms with van der Waals surface area (Å²) in [6.45, 7) is 6.09. The summed E-state index contributed by atoms with van der Waals surface area (Å²) in [7, 11) is 0. The second-order valence-electron chi connectivity index (χ2n) is 2.80. The van der Waals surface area contributed by atoms with Crippen molar-refractivity contribution in [2.45, 2.75) is 33.6 Å². The van der Waals surface area contributed by atoms with Gasteiger partial charge >= 0.3 is 0 Å². The summed E-state index contributed by atoms with van der Waals surface area (Å²) in [4.78, 5) is 0. The first kappa shape index (κ1) is 9.28. The van der Waals surface area contributed by atoms with E-state index in [1.54, 1.807) is 0 Å². The molecule has 0 unspecified atom stereocenters. The van der Waals surface area contributed by atoms with Gasteiger partial charge < -0.3 is 5.11 Å². The largest absolute Gasteiger partial charge is 0.516 e. The molecular formula is C9H16O. The van der Waals surface area contributed by atoms with E-state index in [9.17, 15) is 0 Å². The number of aliphatic hydroxyl groups excluding tert-OH is 1. The molecule has 1 heteroatoms. The van der Waals surface area contributed by atoms with E-state index in [-0.39, 0.29) is 0 Å². The number of rotatable bonds is 3. The summed E-state index contributed by atoms with van der Waals surface area (Å²) in [5.74, 6) is 0. The maximum absolute atomic E-state index is 8.52. The van der Waals surface area contributed by atoms with E-state index < -0.39 is 0 Å². The van der Waals surface area contributed by atoms with E-state index >= 15 is 0 Å². The predicted octanol–water partition coefficient (Wildman–Crippen LogP) is 3.19. The Balaban J connectivity index is 3.47. The van der Waals surface area contributed by atoms with Gasteiger partial charge in [-0.1, -0.05) is 11.6 Å². The first-order valence-electron chi connectivity index (χ1n) is 3.60. The molecule has 0 aliphatic carbocycles. The molecule has 0 fully saturated rings. The smallest absolute Gasteiger partial charge is 0.0780 e. The maximum atomic E-state index is 8.52. The molecule has 10 heavy (non-hydrogen) atoms. The summed E-state index contributed by atoms with van der Waals surface area (Å²) >= 11 is 0. The molecule has 0 aromatic rings. The minimum Gasteiger partial charge on any atom is -0.516 e. The molecule has 0 aromatic heterocycles. The third-order valence-corrected chi connectivity index (χ3v) is 1.31. The van der Waals surface area contributed by atoms with E-state index in [2.05, 4.69) is 19.9 Å². The van der Waals surface area contributed by atoms with Crippen LogP contribution >= 0.6 is 0 Å². The zero-order chi connectivity index (χ0) is 7.98. The molecule has 0 radical (unpaired) electrons. The van der Waals surface area contributed by atoms with Crippen molar-refractivity contribution in [1.29, 1.82) is 0 Å². The van der Waals surface area contributed by atoms with Gasteiger partial charge in [0.15, 0.2) is 0 Å². The van der Waals surface area contributed by atoms with Crippen molar-refractivity contribution in [2.75, 3.05) is 0 Å². The first-order chi connectivity index (χ1) is 4.66. The first-order valence-corrected chi connectivity index (χ1v) is 3.60. The summed E-state index contributed by atoms with van der Waals surface area (Å²) in [5.41, 5.74) is 2.38. The van der Waals surface area contributed by atoms with Crippen LogP contribution in [0.15, 0.2) is 23.5 Å². The third-order valence-electron chi connectivity index (χ3n) is 1.31. The second-order valence-corrected chi connectivity index (χ2v) is 2.80. The van der Waals surface area contributed by atoms with E-state index in [1.165, 1.54) is 11.8 Å². The summed E-state index contributed by atoms with van der Waals surface area (Å²) in [6, 6.07) is 0. The molecule has 0 bridgehead atoms. The van der Waals surface area contributed by atoms with Gasteiger partial charge in [0.1, 0.15) is 0 Å². The lowest BCUT2D eigenvalue weighted by Gasteiger charge is -1.94. The van der Waals surface area contributed by atoms with Crippen molar-refractivity contribution < 1.29 is 5.11 Å². The molecule has 0 amide bonds. The van der Waals surface area contributed by atoms with Crippen LogP contribution in [0.2, 0.25) is 0 Å². The van der Waals surface area contributed by atoms with Gasteiger partial charge in [0, 0.05) is 0 Å². The Bertz CT molecular complexity index is 139. The fourth-order valence-corrected chi connectivity index (χ4v) is 0.653. The Morgan fingerprint density at radius 3 is 2.30 bits per heavy atom. The van der Waals surface area contributed by atoms with Crippen LogP contribution in [0, 0.1) is 0 Å². The third kappa shape index (κ3) is 5.42. The van der Waals surface area contributed by atoms with Gasteiger partial charge in [-0.3, -0.25) is 0 Å². The SMILES string of the molecule is CC(C)=CCC/C(C)=C\O. The van der Waals surface area contributed by atoms with Crippen LogP contribution in [-0.2, 0) is 0 Å². The van der Waals surface area contributed by atoms with E-state index in [1.807, 2.05) is 6.92 Å². The summed E-state index contributed by atoms with van der Waals surface area (Å²) in [5, 5.41) is 8.52. The summed E-state index contributed by atoms with van der Waals surface area (Å²) < 4.78 is 0. The monoisotopic (exact) mass is 140 g/mol. The van der Waals surface area contributed by atoms with Gasteiger partial charge in [-0.15, -0.1) is 0 Å². The normalized spacial score (nSPS) is 11.3. The molecule has 0 atom stereocenters. The molecule has 0 spiro atoms. The molecule has 1 N–H and O–H groups in total. The van der Waals surface area contributed by atoms with Gasteiger partial charge in [0.05, 0.1) is 6.26 Å². The zero-order valence-electron chi connectivity index (χ0n) is 7.02. The zero-order valence-corrected chi connectivity index (χ0v) is 7.02. The topological polar surface area (TPSA) is 20.2 Å². The molecule has 58 valence electrons. The fraction of sp³-hybridized carbons (Fsp3) is 0.556. The number of aliphatic hydroxyl groups is 1. The van der Waals surface area contributed by atoms with E-state index in [4.69, 9.17) is 5.11 Å². The van der Waals surface area contributed by atoms with Crippen molar-refractivity contribution in [3.05, 3.63) is 23.5 Å². The van der Waals surface area contributed by atoms with Crippen molar-refractivity contribution >= 4 is 0 Å². The van der Waals surface area contributed by atoms with Crippen molar-refractivity contribution in [2.24, 2.45) is 0 Å². The molecule has 0 saturated heterocycles. The highest BCUT2D eigenvalue weighted by Gasteiger charge is 1.86. The molecule has 0 heterocycles. The van der Waals surface area contributed by atoms with Gasteiger partial charge in [-0.2, -0.15) is 0 Å². The lowest BCUT2D eigenvalue weighted by Crippen LogP contribution is -1.75. The van der Waals surface area contributed by atoms with Crippen molar-refractivity contribution in [3.8, 4) is 0 Å². The minimum atomic E-state index is 0.960. The van der Waals surface area contributed by atoms with Crippen LogP contribution < -0.4 is 0 Å². The second kappa shape index (κ2) is 5.10. The predicted molar refractivity (Wildman–Crippen MR) is 45.1 cm³/mol. The molecule has 0 saturated carbocycles. The van der Waals surface area contributed by atoms with Crippen LogP contribution in [0.25, 0.3) is 0 Å². The lowest BCUT2D eigenvalue weighted by molar-refractivity contribution is 0.464. The highest BCUT2D eigenvalue weighted by Crippen LogP contribution is 2.04. The van der Waals surface area contributed by atoms with Crippen LogP contribution in [0.3, 0.4) is 0 Å². The standard InChI is InChI=1S/C9H16O/c1-8(2)5-4-6-9(3)7-10/h5,7,10H,4,6H2,1-3H3/b9-7-. The molecule has 0 rings (SSSR count). The molecule has 1 nitrogen and oxygen atoms in total. The van der Waals surface area contributed by atoms with Gasteiger partial charge in [-0.25, -0.2) is 0 Å². The molecule has 0 aliphatic heterocycles. The average Bonchev–Trinajstić information content (AvgIpc) is 1.87. The number of hydrogen-bond acceptors (Lipinski definition) is 1. The molecular weight excluding hydrogens is 124 g/mol. The fourth-order valence-electron chi connectivity index (χ4n) is 0.653. The van der Waals surface area contributed by atoms with E-state index in [0.29, 0.717) is 0 Å². The minimum absolute atomic E-state index is 0.960.